The van der Waals surface area contributed by atoms with Crippen molar-refractivity contribution in [2.75, 3.05) is 18.0 Å². The molecule has 3 aliphatic heterocycles. The minimum Gasteiger partial charge on any atom is -0.379 e. The Bertz CT molecular complexity index is 1020. The topological polar surface area (TPSA) is 57.3 Å². The molecule has 1 amide bonds. The first-order valence-electron chi connectivity index (χ1n) is 8.74. The van der Waals surface area contributed by atoms with Gasteiger partial charge in [0.05, 0.1) is 11.9 Å². The summed E-state index contributed by atoms with van der Waals surface area (Å²) in [6.45, 7) is 0.791. The molecule has 1 aromatic heterocycles. The molecule has 0 spiro atoms. The number of nitrogens with one attached hydrogen (secondary N) is 2. The maximum atomic E-state index is 14.5. The lowest BCUT2D eigenvalue weighted by molar-refractivity contribution is -0.122. The van der Waals surface area contributed by atoms with E-state index in [0.717, 1.165) is 34.7 Å². The average Bonchev–Trinajstić information content (AvgIpc) is 2.93. The second-order valence-corrected chi connectivity index (χ2v) is 6.81. The minimum atomic E-state index is -0.721. The van der Waals surface area contributed by atoms with E-state index in [9.17, 15) is 13.6 Å². The van der Waals surface area contributed by atoms with Crippen LogP contribution in [0.25, 0.3) is 5.57 Å². The number of anilines is 2. The van der Waals surface area contributed by atoms with E-state index >= 15 is 0 Å². The van der Waals surface area contributed by atoms with E-state index in [-0.39, 0.29) is 17.6 Å². The quantitative estimate of drug-likeness (QED) is 0.814. The third kappa shape index (κ3) is 2.42. The molecule has 2 aromatic rings. The van der Waals surface area contributed by atoms with Crippen molar-refractivity contribution in [2.24, 2.45) is 5.92 Å². The Morgan fingerprint density at radius 2 is 2.07 bits per heavy atom. The van der Waals surface area contributed by atoms with Crippen molar-refractivity contribution in [1.29, 1.82) is 0 Å². The van der Waals surface area contributed by atoms with E-state index in [4.69, 9.17) is 0 Å². The van der Waals surface area contributed by atoms with Crippen LogP contribution in [0.4, 0.5) is 20.3 Å². The number of nitrogens with zero attached hydrogens (tertiary/aromatic N) is 2. The van der Waals surface area contributed by atoms with E-state index in [1.54, 1.807) is 4.90 Å². The fourth-order valence-electron chi connectivity index (χ4n) is 4.14. The lowest BCUT2D eigenvalue weighted by atomic mass is 9.84. The number of benzene rings is 1. The lowest BCUT2D eigenvalue weighted by Gasteiger charge is -2.24. The lowest BCUT2D eigenvalue weighted by Crippen LogP contribution is -2.42. The average molecular weight is 366 g/mol. The van der Waals surface area contributed by atoms with E-state index in [1.807, 2.05) is 36.5 Å². The molecule has 0 saturated heterocycles. The van der Waals surface area contributed by atoms with Crippen molar-refractivity contribution >= 4 is 23.0 Å². The van der Waals surface area contributed by atoms with E-state index < -0.39 is 17.7 Å². The molecule has 0 fully saturated rings. The fourth-order valence-corrected chi connectivity index (χ4v) is 4.14. The van der Waals surface area contributed by atoms with Gasteiger partial charge in [-0.2, -0.15) is 0 Å². The number of amides is 1. The highest BCUT2D eigenvalue weighted by Gasteiger charge is 2.42. The van der Waals surface area contributed by atoms with Gasteiger partial charge in [-0.15, -0.1) is 0 Å². The van der Waals surface area contributed by atoms with Crippen molar-refractivity contribution in [3.63, 3.8) is 0 Å². The van der Waals surface area contributed by atoms with Crippen LogP contribution >= 0.6 is 0 Å². The molecule has 2 atom stereocenters. The van der Waals surface area contributed by atoms with E-state index in [1.165, 1.54) is 0 Å². The first-order valence-corrected chi connectivity index (χ1v) is 8.74. The van der Waals surface area contributed by atoms with E-state index in [0.29, 0.717) is 13.1 Å². The number of carbonyl (C=O) groups excluding carboxylic acids is 1. The predicted octanol–water partition coefficient (Wildman–Crippen LogP) is 2.50. The fraction of sp³-hybridized carbons (Fsp3) is 0.200. The summed E-state index contributed by atoms with van der Waals surface area (Å²) >= 11 is 0. The highest BCUT2D eigenvalue weighted by Crippen LogP contribution is 2.45. The van der Waals surface area contributed by atoms with Crippen LogP contribution in [0.15, 0.2) is 54.4 Å². The first-order chi connectivity index (χ1) is 13.1. The summed E-state index contributed by atoms with van der Waals surface area (Å²) in [5.41, 5.74) is 3.69. The van der Waals surface area contributed by atoms with Gasteiger partial charge in [0.2, 0.25) is 5.91 Å². The van der Waals surface area contributed by atoms with Crippen LogP contribution in [0, 0.1) is 17.6 Å². The number of pyridine rings is 1. The largest absolute Gasteiger partial charge is 0.379 e. The van der Waals surface area contributed by atoms with Crippen molar-refractivity contribution in [1.82, 2.24) is 15.6 Å². The number of rotatable bonds is 1. The molecule has 3 aliphatic rings. The Labute approximate surface area is 154 Å². The minimum absolute atomic E-state index is 0.0606. The summed E-state index contributed by atoms with van der Waals surface area (Å²) in [6.07, 6.45) is 4.86. The summed E-state index contributed by atoms with van der Waals surface area (Å²) in [5, 5.41) is 6.06. The Morgan fingerprint density at radius 1 is 1.22 bits per heavy atom. The summed E-state index contributed by atoms with van der Waals surface area (Å²) in [7, 11) is 0. The molecule has 2 N–H and O–H groups in total. The van der Waals surface area contributed by atoms with Crippen molar-refractivity contribution in [2.45, 2.75) is 6.04 Å². The second kappa shape index (κ2) is 5.90. The maximum absolute atomic E-state index is 14.5. The molecule has 7 heteroatoms. The molecule has 5 nitrogen and oxygen atoms in total. The summed E-state index contributed by atoms with van der Waals surface area (Å²) < 4.78 is 27.9. The number of hydrogen-bond donors (Lipinski definition) is 2. The molecule has 27 heavy (non-hydrogen) atoms. The maximum Gasteiger partial charge on any atom is 0.243 e. The van der Waals surface area contributed by atoms with Gasteiger partial charge in [0.15, 0.2) is 11.6 Å². The first kappa shape index (κ1) is 16.0. The molecule has 2 unspecified atom stereocenters. The van der Waals surface area contributed by atoms with Crippen LogP contribution in [-0.2, 0) is 4.79 Å². The van der Waals surface area contributed by atoms with Crippen LogP contribution in [0.5, 0.6) is 0 Å². The molecule has 136 valence electrons. The molecule has 4 heterocycles. The highest BCUT2D eigenvalue weighted by molar-refractivity contribution is 5.93. The molecule has 0 radical (unpaired) electrons. The highest BCUT2D eigenvalue weighted by atomic mass is 19.1. The smallest absolute Gasteiger partial charge is 0.243 e. The molecule has 1 aromatic carbocycles. The van der Waals surface area contributed by atoms with Crippen molar-refractivity contribution in [3.05, 3.63) is 71.6 Å². The van der Waals surface area contributed by atoms with E-state index in [2.05, 4.69) is 15.6 Å². The number of halogens is 2. The number of aromatic nitrogens is 1. The number of para-hydroxylation sites is 1. The predicted molar refractivity (Wildman–Crippen MR) is 97.1 cm³/mol. The zero-order valence-corrected chi connectivity index (χ0v) is 14.2. The van der Waals surface area contributed by atoms with Gasteiger partial charge in [-0.1, -0.05) is 24.3 Å². The van der Waals surface area contributed by atoms with Crippen LogP contribution < -0.4 is 15.5 Å². The molecular formula is C20H16F2N4O. The summed E-state index contributed by atoms with van der Waals surface area (Å²) in [4.78, 5) is 18.2. The standard InChI is InChI=1S/C20H16F2N4O/c21-12-7-15(22)19(25-9-12)26-10-11-8-24-18-17(11)14(5-6-23-20(18)27)13-3-1-2-4-16(13)26/h1-5,7-9,17-18,24H,6,10H2,(H,23,27). The van der Waals surface area contributed by atoms with Gasteiger partial charge in [-0.3, -0.25) is 4.79 Å². The van der Waals surface area contributed by atoms with Gasteiger partial charge in [0.1, 0.15) is 11.9 Å². The Hall–Kier alpha value is -3.22. The molecule has 0 aliphatic carbocycles. The summed E-state index contributed by atoms with van der Waals surface area (Å²) in [5.74, 6) is -1.57. The van der Waals surface area contributed by atoms with Crippen LogP contribution in [-0.4, -0.2) is 30.0 Å². The van der Waals surface area contributed by atoms with Crippen molar-refractivity contribution < 1.29 is 13.6 Å². The Kier molecular flexibility index (Phi) is 3.50. The van der Waals surface area contributed by atoms with Gasteiger partial charge in [0, 0.05) is 30.6 Å². The zero-order valence-electron chi connectivity index (χ0n) is 14.2. The van der Waals surface area contributed by atoms with Gasteiger partial charge in [0.25, 0.3) is 0 Å². The zero-order chi connectivity index (χ0) is 18.5. The molecule has 0 saturated carbocycles. The van der Waals surface area contributed by atoms with Crippen LogP contribution in [0.1, 0.15) is 5.56 Å². The van der Waals surface area contributed by atoms with Gasteiger partial charge < -0.3 is 15.5 Å². The SMILES string of the molecule is O=C1NCC=C2c3ccccc3N(c3ncc(F)cc3F)CC3=CNC1C32. The van der Waals surface area contributed by atoms with Crippen molar-refractivity contribution in [3.8, 4) is 0 Å². The number of fused-ring (bicyclic) bond motifs is 2. The number of carbonyl (C=O) groups is 1. The van der Waals surface area contributed by atoms with Crippen LogP contribution in [0.2, 0.25) is 0 Å². The second-order valence-electron chi connectivity index (χ2n) is 6.81. The third-order valence-corrected chi connectivity index (χ3v) is 5.29. The third-order valence-electron chi connectivity index (χ3n) is 5.29. The molecule has 5 rings (SSSR count). The molecule has 0 bridgehead atoms. The van der Waals surface area contributed by atoms with Crippen LogP contribution in [0.3, 0.4) is 0 Å². The van der Waals surface area contributed by atoms with Gasteiger partial charge in [-0.25, -0.2) is 13.8 Å². The Morgan fingerprint density at radius 3 is 2.93 bits per heavy atom. The normalized spacial score (nSPS) is 23.2. The van der Waals surface area contributed by atoms with Gasteiger partial charge in [-0.05, 0) is 23.4 Å². The Balaban J connectivity index is 1.72. The summed E-state index contributed by atoms with van der Waals surface area (Å²) in [6, 6.07) is 8.09. The molecular weight excluding hydrogens is 350 g/mol. The number of hydrogen-bond acceptors (Lipinski definition) is 4. The van der Waals surface area contributed by atoms with Gasteiger partial charge >= 0.3 is 0 Å². The monoisotopic (exact) mass is 366 g/mol.